The summed E-state index contributed by atoms with van der Waals surface area (Å²) in [4.78, 5) is 69.4. The molecule has 0 spiro atoms. The first-order chi connectivity index (χ1) is 42.5. The first-order valence-corrected chi connectivity index (χ1v) is 30.3. The Morgan fingerprint density at radius 2 is 0.921 bits per heavy atom. The van der Waals surface area contributed by atoms with Crippen LogP contribution in [0.3, 0.4) is 0 Å². The van der Waals surface area contributed by atoms with Gasteiger partial charge in [0.25, 0.3) is 11.8 Å². The zero-order valence-electron chi connectivity index (χ0n) is 48.8. The molecule has 4 aliphatic rings. The Morgan fingerprint density at radius 1 is 0.539 bits per heavy atom. The summed E-state index contributed by atoms with van der Waals surface area (Å²) < 4.78 is 128. The van der Waals surface area contributed by atoms with E-state index in [2.05, 4.69) is 21.3 Å². The first kappa shape index (κ1) is 66.9. The van der Waals surface area contributed by atoms with Gasteiger partial charge < -0.3 is 36.2 Å². The number of hydrogen-bond donors (Lipinski definition) is 5. The summed E-state index contributed by atoms with van der Waals surface area (Å²) in [6.45, 7) is 3.05. The molecule has 473 valence electrons. The second kappa shape index (κ2) is 30.0. The van der Waals surface area contributed by atoms with Crippen molar-refractivity contribution < 1.29 is 86.7 Å². The van der Waals surface area contributed by atoms with Crippen molar-refractivity contribution in [3.8, 4) is 0 Å². The SMILES string of the molecule is Cc1cccc(F)c1C(=O)N1CCC[C@H](C(=O)Nc2ccc(C=O)c(C(F)(F)F)c2)C1c1ccc(NC2CCCC2)cc1.Cc1cccc(F)c1C(=O)N1CCC[C@H](C(=O)Nc2ccc(CO)c(C(F)(F)F)c2)C1c1ccc(NC2CCCC2)cc1.[O]=[Mn]=[O]. The Balaban J connectivity index is 0.000000220. The molecule has 6 aromatic rings. The van der Waals surface area contributed by atoms with Crippen molar-refractivity contribution in [1.29, 1.82) is 0 Å². The number of aliphatic hydroxyl groups excluding tert-OH is 1. The van der Waals surface area contributed by atoms with E-state index in [1.165, 1.54) is 71.9 Å². The number of aryl methyl sites for hydroxylation is 2. The summed E-state index contributed by atoms with van der Waals surface area (Å²) in [6, 6.07) is 29.2. The number of piperidine rings is 2. The molecule has 0 bridgehead atoms. The van der Waals surface area contributed by atoms with Gasteiger partial charge in [0.15, 0.2) is 6.29 Å². The van der Waals surface area contributed by atoms with Gasteiger partial charge in [-0.25, -0.2) is 8.78 Å². The molecule has 6 aromatic carbocycles. The average Bonchev–Trinajstić information content (AvgIpc) is 1.78. The molecule has 0 aromatic heterocycles. The van der Waals surface area contributed by atoms with Crippen LogP contribution in [0.4, 0.5) is 57.9 Å². The third-order valence-corrected chi connectivity index (χ3v) is 16.9. The van der Waals surface area contributed by atoms with Gasteiger partial charge in [-0.05, 0) is 160 Å². The molecule has 4 atom stereocenters. The van der Waals surface area contributed by atoms with Crippen LogP contribution >= 0.6 is 0 Å². The molecular weight excluding hydrogens is 1210 g/mol. The molecule has 5 N–H and O–H groups in total. The van der Waals surface area contributed by atoms with Crippen LogP contribution in [0, 0.1) is 37.3 Å². The number of hydrogen-bond acceptors (Lipinski definition) is 10. The van der Waals surface area contributed by atoms with Crippen LogP contribution in [0.15, 0.2) is 121 Å². The Bertz CT molecular complexity index is 3490. The zero-order chi connectivity index (χ0) is 64.2. The molecule has 4 amide bonds. The Morgan fingerprint density at radius 3 is 1.29 bits per heavy atom. The molecule has 0 radical (unpaired) electrons. The van der Waals surface area contributed by atoms with E-state index in [0.29, 0.717) is 60.0 Å². The molecule has 2 aliphatic carbocycles. The summed E-state index contributed by atoms with van der Waals surface area (Å²) in [5, 5.41) is 21.6. The average molecular weight is 1280 g/mol. The number of alkyl halides is 6. The van der Waals surface area contributed by atoms with Crippen LogP contribution in [-0.4, -0.2) is 70.0 Å². The second-order valence-corrected chi connectivity index (χ2v) is 22.9. The third kappa shape index (κ3) is 16.4. The molecule has 23 heteroatoms. The van der Waals surface area contributed by atoms with Crippen molar-refractivity contribution in [3.05, 3.63) is 189 Å². The predicted molar refractivity (Wildman–Crippen MR) is 313 cm³/mol. The van der Waals surface area contributed by atoms with Crippen molar-refractivity contribution in [2.75, 3.05) is 34.4 Å². The van der Waals surface area contributed by atoms with E-state index in [0.717, 1.165) is 61.3 Å². The number of halogens is 8. The third-order valence-electron chi connectivity index (χ3n) is 16.9. The molecule has 4 fully saturated rings. The molecule has 89 heavy (non-hydrogen) atoms. The number of carbonyl (C=O) groups excluding carboxylic acids is 5. The summed E-state index contributed by atoms with van der Waals surface area (Å²) in [5.41, 5.74) is 0.716. The van der Waals surface area contributed by atoms with Gasteiger partial charge >= 0.3 is 34.8 Å². The van der Waals surface area contributed by atoms with Crippen molar-refractivity contribution in [1.82, 2.24) is 9.80 Å². The quantitative estimate of drug-likeness (QED) is 0.0398. The molecule has 2 saturated heterocycles. The summed E-state index contributed by atoms with van der Waals surface area (Å²) in [6.07, 6.45) is 1.26. The van der Waals surface area contributed by atoms with E-state index >= 15 is 0 Å². The van der Waals surface area contributed by atoms with Crippen molar-refractivity contribution >= 4 is 52.7 Å². The van der Waals surface area contributed by atoms with Crippen LogP contribution < -0.4 is 21.3 Å². The Labute approximate surface area is 515 Å². The number of nitrogens with one attached hydrogen (secondary N) is 4. The molecule has 10 rings (SSSR count). The molecule has 2 saturated carbocycles. The standard InChI is InChI=1S/C33H35F4N3O3.C33H33F4N3O3.Mn.2O/c2*1-20-6-4-10-28(34)29(20)32(43)40-17-5-9-26(30(40)21-11-14-24(15-12-21)38-23-7-2-3-8-23)31(42)39-25-16-13-22(19-41)27(18-25)33(35,36)37;;;/h4,6,10-16,18,23,26,30,38,41H,2-3,5,7-9,17,19H2,1H3,(H,39,42);4,6,10-16,18-19,23,26,30,38H,2-3,5,7-9,17H2,1H3,(H,39,42);;;/t2*26-,30?;;;/m00.../s1. The van der Waals surface area contributed by atoms with Gasteiger partial charge in [-0.3, -0.25) is 24.0 Å². The van der Waals surface area contributed by atoms with Gasteiger partial charge in [0.05, 0.1) is 52.8 Å². The Kier molecular flexibility index (Phi) is 22.6. The van der Waals surface area contributed by atoms with Crippen LogP contribution in [0.1, 0.15) is 159 Å². The van der Waals surface area contributed by atoms with Gasteiger partial charge in [-0.2, -0.15) is 26.3 Å². The van der Waals surface area contributed by atoms with E-state index in [1.54, 1.807) is 26.0 Å². The van der Waals surface area contributed by atoms with Crippen LogP contribution in [0.5, 0.6) is 0 Å². The summed E-state index contributed by atoms with van der Waals surface area (Å²) >= 11 is -1.44. The van der Waals surface area contributed by atoms with Crippen molar-refractivity contribution in [2.45, 2.75) is 134 Å². The van der Waals surface area contributed by atoms with Crippen molar-refractivity contribution in [2.24, 2.45) is 11.8 Å². The van der Waals surface area contributed by atoms with E-state index < -0.39 is 110 Å². The number of likely N-dealkylation sites (tertiary alicyclic amines) is 2. The van der Waals surface area contributed by atoms with Crippen LogP contribution in [-0.2, 0) is 51.0 Å². The maximum atomic E-state index is 14.9. The van der Waals surface area contributed by atoms with E-state index in [1.807, 2.05) is 48.5 Å². The number of benzene rings is 6. The van der Waals surface area contributed by atoms with Crippen molar-refractivity contribution in [3.63, 3.8) is 0 Å². The fraction of sp³-hybridized carbons (Fsp3) is 0.379. The fourth-order valence-corrected chi connectivity index (χ4v) is 12.6. The van der Waals surface area contributed by atoms with Crippen LogP contribution in [0.2, 0.25) is 0 Å². The second-order valence-electron chi connectivity index (χ2n) is 22.7. The maximum absolute atomic E-state index is 14.9. The number of rotatable bonds is 14. The minimum atomic E-state index is -4.79. The molecule has 14 nitrogen and oxygen atoms in total. The fourth-order valence-electron chi connectivity index (χ4n) is 12.6. The monoisotopic (exact) mass is 1280 g/mol. The van der Waals surface area contributed by atoms with Crippen LogP contribution in [0.25, 0.3) is 0 Å². The molecular formula is C66H68F8MnN6O8. The van der Waals surface area contributed by atoms with E-state index in [9.17, 15) is 64.2 Å². The van der Waals surface area contributed by atoms with Gasteiger partial charge in [-0.1, -0.05) is 80.3 Å². The summed E-state index contributed by atoms with van der Waals surface area (Å²) in [7, 11) is 0. The molecule has 2 heterocycles. The number of nitrogens with zero attached hydrogens (tertiary/aromatic N) is 2. The number of carbonyl (C=O) groups is 5. The van der Waals surface area contributed by atoms with Gasteiger partial charge in [0.1, 0.15) is 11.6 Å². The topological polar surface area (TPSA) is 194 Å². The number of aldehydes is 1. The predicted octanol–water partition coefficient (Wildman–Crippen LogP) is 14.5. The summed E-state index contributed by atoms with van der Waals surface area (Å²) in [5.74, 6) is -5.20. The van der Waals surface area contributed by atoms with Gasteiger partial charge in [0.2, 0.25) is 11.8 Å². The zero-order valence-corrected chi connectivity index (χ0v) is 50.0. The van der Waals surface area contributed by atoms with E-state index in [4.69, 9.17) is 7.67 Å². The number of amides is 4. The molecule has 2 unspecified atom stereocenters. The normalized spacial score (nSPS) is 18.8. The van der Waals surface area contributed by atoms with Gasteiger partial charge in [0, 0.05) is 53.5 Å². The number of anilines is 4. The van der Waals surface area contributed by atoms with Gasteiger partial charge in [-0.15, -0.1) is 0 Å². The van der Waals surface area contributed by atoms with E-state index in [-0.39, 0.29) is 47.4 Å². The minimum absolute atomic E-state index is 0.0671. The first-order valence-electron chi connectivity index (χ1n) is 29.4. The Hall–Kier alpha value is -8.01. The number of aliphatic hydroxyl groups is 1. The molecule has 2 aliphatic heterocycles.